The fourth-order valence-electron chi connectivity index (χ4n) is 2.53. The highest BCUT2D eigenvalue weighted by Crippen LogP contribution is 2.15. The molecule has 22 heavy (non-hydrogen) atoms. The summed E-state index contributed by atoms with van der Waals surface area (Å²) in [5.41, 5.74) is 0.649. The topological polar surface area (TPSA) is 65.7 Å². The monoisotopic (exact) mass is 304 g/mol. The van der Waals surface area contributed by atoms with Crippen LogP contribution in [0, 0.1) is 11.3 Å². The van der Waals surface area contributed by atoms with Crippen molar-refractivity contribution in [3.63, 3.8) is 0 Å². The molecule has 0 bridgehead atoms. The molecule has 1 saturated heterocycles. The number of hydrogen-bond acceptors (Lipinski definition) is 5. The van der Waals surface area contributed by atoms with Crippen molar-refractivity contribution in [1.29, 1.82) is 5.26 Å². The lowest BCUT2D eigenvalue weighted by atomic mass is 10.1. The predicted octanol–water partition coefficient (Wildman–Crippen LogP) is 1.80. The molecular formula is C17H24N2O3. The van der Waals surface area contributed by atoms with Gasteiger partial charge in [-0.05, 0) is 43.5 Å². The summed E-state index contributed by atoms with van der Waals surface area (Å²) in [5.74, 6) is 0.807. The zero-order valence-electron chi connectivity index (χ0n) is 12.9. The quantitative estimate of drug-likeness (QED) is 0.742. The molecule has 0 atom stereocenters. The second-order valence-corrected chi connectivity index (χ2v) is 5.47. The van der Waals surface area contributed by atoms with E-state index in [4.69, 9.17) is 19.8 Å². The highest BCUT2D eigenvalue weighted by molar-refractivity contribution is 5.34. The smallest absolute Gasteiger partial charge is 0.119 e. The van der Waals surface area contributed by atoms with Gasteiger partial charge in [0.15, 0.2) is 0 Å². The van der Waals surface area contributed by atoms with Crippen molar-refractivity contribution in [2.24, 2.45) is 0 Å². The number of aliphatic hydroxyl groups is 1. The third kappa shape index (κ3) is 5.64. The molecule has 0 unspecified atom stereocenters. The zero-order valence-corrected chi connectivity index (χ0v) is 12.9. The van der Waals surface area contributed by atoms with Gasteiger partial charge < -0.3 is 14.6 Å². The van der Waals surface area contributed by atoms with Crippen molar-refractivity contribution >= 4 is 0 Å². The molecule has 1 aliphatic rings. The van der Waals surface area contributed by atoms with Gasteiger partial charge in [0.1, 0.15) is 12.4 Å². The molecule has 1 aromatic carbocycles. The first-order chi connectivity index (χ1) is 10.8. The second-order valence-electron chi connectivity index (χ2n) is 5.47. The SMILES string of the molecule is N#Cc1ccc(OCCN2CCC(OCCCO)CC2)cc1. The standard InChI is InChI=1S/C17H24N2O3/c18-14-15-2-4-16(5-3-15)22-13-10-19-8-6-17(7-9-19)21-12-1-11-20/h2-5,17,20H,1,6-13H2. The van der Waals surface area contributed by atoms with Crippen molar-refractivity contribution in [2.75, 3.05) is 39.5 Å². The third-order valence-corrected chi connectivity index (χ3v) is 3.85. The van der Waals surface area contributed by atoms with Gasteiger partial charge >= 0.3 is 0 Å². The summed E-state index contributed by atoms with van der Waals surface area (Å²) >= 11 is 0. The van der Waals surface area contributed by atoms with E-state index in [1.165, 1.54) is 0 Å². The van der Waals surface area contributed by atoms with Crippen LogP contribution in [0.15, 0.2) is 24.3 Å². The number of likely N-dealkylation sites (tertiary alicyclic amines) is 1. The molecule has 1 aliphatic heterocycles. The Morgan fingerprint density at radius 3 is 2.55 bits per heavy atom. The van der Waals surface area contributed by atoms with E-state index in [2.05, 4.69) is 11.0 Å². The number of hydrogen-bond donors (Lipinski definition) is 1. The van der Waals surface area contributed by atoms with Gasteiger partial charge in [-0.1, -0.05) is 0 Å². The fourth-order valence-corrected chi connectivity index (χ4v) is 2.53. The molecule has 1 N–H and O–H groups in total. The van der Waals surface area contributed by atoms with Crippen LogP contribution in [0.2, 0.25) is 0 Å². The Bertz CT molecular complexity index is 462. The van der Waals surface area contributed by atoms with Crippen molar-refractivity contribution in [2.45, 2.75) is 25.4 Å². The van der Waals surface area contributed by atoms with Crippen molar-refractivity contribution in [1.82, 2.24) is 4.90 Å². The van der Waals surface area contributed by atoms with E-state index in [0.717, 1.165) is 44.6 Å². The van der Waals surface area contributed by atoms with E-state index in [-0.39, 0.29) is 6.61 Å². The highest BCUT2D eigenvalue weighted by Gasteiger charge is 2.19. The van der Waals surface area contributed by atoms with Gasteiger partial charge in [-0.2, -0.15) is 5.26 Å². The minimum atomic E-state index is 0.200. The number of aliphatic hydroxyl groups excluding tert-OH is 1. The van der Waals surface area contributed by atoms with E-state index in [0.29, 0.717) is 24.9 Å². The molecule has 0 aromatic heterocycles. The molecule has 0 amide bonds. The molecule has 1 fully saturated rings. The number of nitriles is 1. The van der Waals surface area contributed by atoms with Crippen LogP contribution in [0.1, 0.15) is 24.8 Å². The van der Waals surface area contributed by atoms with Gasteiger partial charge in [0, 0.05) is 32.8 Å². The minimum Gasteiger partial charge on any atom is -0.492 e. The highest BCUT2D eigenvalue weighted by atomic mass is 16.5. The Balaban J connectivity index is 1.59. The molecule has 0 spiro atoms. The van der Waals surface area contributed by atoms with Crippen LogP contribution in [0.25, 0.3) is 0 Å². The van der Waals surface area contributed by atoms with Gasteiger partial charge in [-0.3, -0.25) is 4.90 Å². The van der Waals surface area contributed by atoms with Crippen LogP contribution >= 0.6 is 0 Å². The molecule has 5 nitrogen and oxygen atoms in total. The summed E-state index contributed by atoms with van der Waals surface area (Å²) in [6.45, 7) is 4.47. The van der Waals surface area contributed by atoms with Gasteiger partial charge in [0.2, 0.25) is 0 Å². The Morgan fingerprint density at radius 2 is 1.91 bits per heavy atom. The fraction of sp³-hybridized carbons (Fsp3) is 0.588. The molecule has 1 heterocycles. The Morgan fingerprint density at radius 1 is 1.18 bits per heavy atom. The Labute approximate surface area is 132 Å². The van der Waals surface area contributed by atoms with Crippen molar-refractivity contribution in [3.05, 3.63) is 29.8 Å². The number of piperidine rings is 1. The summed E-state index contributed by atoms with van der Waals surface area (Å²) in [6.07, 6.45) is 3.14. The minimum absolute atomic E-state index is 0.200. The number of ether oxygens (including phenoxy) is 2. The maximum absolute atomic E-state index is 8.74. The van der Waals surface area contributed by atoms with Crippen LogP contribution in [0.5, 0.6) is 5.75 Å². The molecule has 0 radical (unpaired) electrons. The second kappa shape index (κ2) is 9.42. The van der Waals surface area contributed by atoms with Crippen LogP contribution in [-0.2, 0) is 4.74 Å². The van der Waals surface area contributed by atoms with Crippen LogP contribution < -0.4 is 4.74 Å². The Kier molecular flexibility index (Phi) is 7.17. The first kappa shape index (κ1) is 16.8. The summed E-state index contributed by atoms with van der Waals surface area (Å²) < 4.78 is 11.4. The average Bonchev–Trinajstić information content (AvgIpc) is 2.57. The summed E-state index contributed by atoms with van der Waals surface area (Å²) in [6, 6.07) is 9.30. The van der Waals surface area contributed by atoms with E-state index < -0.39 is 0 Å². The van der Waals surface area contributed by atoms with E-state index in [9.17, 15) is 0 Å². The van der Waals surface area contributed by atoms with Gasteiger partial charge in [0.05, 0.1) is 17.7 Å². The molecule has 0 saturated carbocycles. The normalized spacial score (nSPS) is 16.4. The molecule has 1 aromatic rings. The summed E-state index contributed by atoms with van der Waals surface area (Å²) in [7, 11) is 0. The van der Waals surface area contributed by atoms with Crippen LogP contribution in [-0.4, -0.2) is 55.6 Å². The number of benzene rings is 1. The lowest BCUT2D eigenvalue weighted by molar-refractivity contribution is 0.000408. The predicted molar refractivity (Wildman–Crippen MR) is 83.8 cm³/mol. The zero-order chi connectivity index (χ0) is 15.6. The Hall–Kier alpha value is -1.61. The van der Waals surface area contributed by atoms with Gasteiger partial charge in [-0.15, -0.1) is 0 Å². The van der Waals surface area contributed by atoms with Crippen LogP contribution in [0.4, 0.5) is 0 Å². The lowest BCUT2D eigenvalue weighted by Gasteiger charge is -2.31. The first-order valence-corrected chi connectivity index (χ1v) is 7.89. The lowest BCUT2D eigenvalue weighted by Crippen LogP contribution is -2.39. The van der Waals surface area contributed by atoms with E-state index in [1.807, 2.05) is 12.1 Å². The molecule has 120 valence electrons. The van der Waals surface area contributed by atoms with E-state index >= 15 is 0 Å². The van der Waals surface area contributed by atoms with Crippen molar-refractivity contribution in [3.8, 4) is 11.8 Å². The molecule has 5 heteroatoms. The molecular weight excluding hydrogens is 280 g/mol. The number of nitrogens with zero attached hydrogens (tertiary/aromatic N) is 2. The summed E-state index contributed by atoms with van der Waals surface area (Å²) in [5, 5.41) is 17.5. The van der Waals surface area contributed by atoms with Crippen molar-refractivity contribution < 1.29 is 14.6 Å². The first-order valence-electron chi connectivity index (χ1n) is 7.89. The third-order valence-electron chi connectivity index (χ3n) is 3.85. The average molecular weight is 304 g/mol. The molecule has 2 rings (SSSR count). The molecule has 0 aliphatic carbocycles. The summed E-state index contributed by atoms with van der Waals surface area (Å²) in [4.78, 5) is 2.38. The maximum Gasteiger partial charge on any atom is 0.119 e. The maximum atomic E-state index is 8.74. The largest absolute Gasteiger partial charge is 0.492 e. The van der Waals surface area contributed by atoms with Gasteiger partial charge in [0.25, 0.3) is 0 Å². The van der Waals surface area contributed by atoms with Crippen LogP contribution in [0.3, 0.4) is 0 Å². The van der Waals surface area contributed by atoms with Gasteiger partial charge in [-0.25, -0.2) is 0 Å². The van der Waals surface area contributed by atoms with E-state index in [1.54, 1.807) is 12.1 Å². The number of rotatable bonds is 8.